The predicted molar refractivity (Wildman–Crippen MR) is 118 cm³/mol. The first-order valence-electron chi connectivity index (χ1n) is 10.5. The Morgan fingerprint density at radius 3 is 2.17 bits per heavy atom. The van der Waals surface area contributed by atoms with Gasteiger partial charge >= 0.3 is 0 Å². The van der Waals surface area contributed by atoms with E-state index in [1.807, 2.05) is 11.0 Å². The molecule has 0 spiro atoms. The molecule has 0 aliphatic carbocycles. The zero-order valence-corrected chi connectivity index (χ0v) is 17.8. The lowest BCUT2D eigenvalue weighted by Gasteiger charge is -2.34. The van der Waals surface area contributed by atoms with E-state index in [0.29, 0.717) is 11.5 Å². The lowest BCUT2D eigenvalue weighted by atomic mass is 10.2. The third-order valence-corrected chi connectivity index (χ3v) is 5.17. The van der Waals surface area contributed by atoms with Crippen molar-refractivity contribution in [3.05, 3.63) is 42.1 Å². The summed E-state index contributed by atoms with van der Waals surface area (Å²) in [6.45, 7) is 9.92. The van der Waals surface area contributed by atoms with Crippen molar-refractivity contribution >= 4 is 23.1 Å². The summed E-state index contributed by atoms with van der Waals surface area (Å²) in [5, 5.41) is 11.6. The molecule has 1 aromatic heterocycles. The van der Waals surface area contributed by atoms with Crippen LogP contribution in [0.1, 0.15) is 37.2 Å². The predicted octanol–water partition coefficient (Wildman–Crippen LogP) is 3.23. The molecule has 0 radical (unpaired) electrons. The van der Waals surface area contributed by atoms with Gasteiger partial charge in [0, 0.05) is 50.6 Å². The number of piperazine rings is 1. The third-order valence-electron chi connectivity index (χ3n) is 5.17. The number of hydrogen-bond acceptors (Lipinski definition) is 6. The van der Waals surface area contributed by atoms with E-state index in [2.05, 4.69) is 70.5 Å². The molecule has 156 valence electrons. The lowest BCUT2D eigenvalue weighted by Crippen LogP contribution is -2.44. The van der Waals surface area contributed by atoms with Crippen molar-refractivity contribution in [2.75, 3.05) is 56.5 Å². The number of anilines is 3. The molecule has 1 fully saturated rings. The van der Waals surface area contributed by atoms with E-state index >= 15 is 0 Å². The fraction of sp³-hybridized carbons (Fsp3) is 0.500. The summed E-state index contributed by atoms with van der Waals surface area (Å²) in [5.41, 5.74) is 2.58. The minimum Gasteiger partial charge on any atom is -0.369 e. The van der Waals surface area contributed by atoms with Crippen molar-refractivity contribution < 1.29 is 4.79 Å². The second-order valence-corrected chi connectivity index (χ2v) is 7.56. The number of carbonyl (C=O) groups is 1. The monoisotopic (exact) mass is 396 g/mol. The van der Waals surface area contributed by atoms with Crippen LogP contribution in [0.2, 0.25) is 0 Å². The first-order valence-corrected chi connectivity index (χ1v) is 10.5. The van der Waals surface area contributed by atoms with Gasteiger partial charge in [-0.05, 0) is 56.3 Å². The van der Waals surface area contributed by atoms with Crippen molar-refractivity contribution in [3.63, 3.8) is 0 Å². The summed E-state index contributed by atoms with van der Waals surface area (Å²) in [7, 11) is 2.16. The fourth-order valence-electron chi connectivity index (χ4n) is 3.50. The molecule has 1 amide bonds. The highest BCUT2D eigenvalue weighted by Crippen LogP contribution is 2.21. The van der Waals surface area contributed by atoms with E-state index < -0.39 is 0 Å². The molecular weight excluding hydrogens is 364 g/mol. The number of benzene rings is 1. The highest BCUT2D eigenvalue weighted by Gasteiger charge is 2.16. The zero-order valence-electron chi connectivity index (χ0n) is 17.8. The number of likely N-dealkylation sites (N-methyl/N-ethyl adjacent to an activating group) is 1. The minimum absolute atomic E-state index is 0.0516. The molecule has 0 saturated carbocycles. The summed E-state index contributed by atoms with van der Waals surface area (Å²) < 4.78 is 0. The molecule has 0 unspecified atom stereocenters. The summed E-state index contributed by atoms with van der Waals surface area (Å²) in [6.07, 6.45) is 1.87. The number of rotatable bonds is 8. The fourth-order valence-corrected chi connectivity index (χ4v) is 3.50. The van der Waals surface area contributed by atoms with E-state index in [9.17, 15) is 4.79 Å². The van der Waals surface area contributed by atoms with Crippen LogP contribution in [0.15, 0.2) is 36.4 Å². The Morgan fingerprint density at radius 2 is 1.62 bits per heavy atom. The van der Waals surface area contributed by atoms with Gasteiger partial charge in [0.2, 0.25) is 0 Å². The number of carbonyl (C=O) groups excluding carboxylic acids is 1. The summed E-state index contributed by atoms with van der Waals surface area (Å²) >= 11 is 0. The number of amides is 1. The van der Waals surface area contributed by atoms with Crippen LogP contribution in [0.3, 0.4) is 0 Å². The van der Waals surface area contributed by atoms with Gasteiger partial charge in [-0.15, -0.1) is 10.2 Å². The molecule has 7 nitrogen and oxygen atoms in total. The second kappa shape index (κ2) is 10.2. The maximum absolute atomic E-state index is 12.6. The first kappa shape index (κ1) is 21.0. The summed E-state index contributed by atoms with van der Waals surface area (Å²) in [4.78, 5) is 19.2. The van der Waals surface area contributed by atoms with Gasteiger partial charge in [0.25, 0.3) is 5.91 Å². The Balaban J connectivity index is 1.60. The summed E-state index contributed by atoms with van der Waals surface area (Å²) in [5.74, 6) is 0.579. The summed E-state index contributed by atoms with van der Waals surface area (Å²) in [6, 6.07) is 11.9. The topological polar surface area (TPSA) is 64.6 Å². The van der Waals surface area contributed by atoms with Crippen LogP contribution in [0.5, 0.6) is 0 Å². The van der Waals surface area contributed by atoms with Crippen molar-refractivity contribution in [2.24, 2.45) is 0 Å². The Kier molecular flexibility index (Phi) is 7.41. The first-order chi connectivity index (χ1) is 14.1. The van der Waals surface area contributed by atoms with E-state index in [4.69, 9.17) is 0 Å². The average Bonchev–Trinajstić information content (AvgIpc) is 2.75. The third kappa shape index (κ3) is 5.67. The SMILES string of the molecule is CCCN(CCC)C(=O)c1ccc(Nc2ccc(N3CCN(C)CC3)cc2)nn1. The molecule has 29 heavy (non-hydrogen) atoms. The molecule has 3 rings (SSSR count). The number of aromatic nitrogens is 2. The van der Waals surface area contributed by atoms with Gasteiger partial charge in [-0.2, -0.15) is 0 Å². The molecule has 7 heteroatoms. The molecule has 0 bridgehead atoms. The average molecular weight is 397 g/mol. The maximum Gasteiger partial charge on any atom is 0.274 e. The molecule has 1 N–H and O–H groups in total. The van der Waals surface area contributed by atoms with Crippen LogP contribution in [0, 0.1) is 0 Å². The Morgan fingerprint density at radius 1 is 0.966 bits per heavy atom. The Labute approximate surface area is 173 Å². The van der Waals surface area contributed by atoms with E-state index in [-0.39, 0.29) is 5.91 Å². The van der Waals surface area contributed by atoms with Crippen LogP contribution in [-0.4, -0.2) is 72.2 Å². The molecule has 2 heterocycles. The van der Waals surface area contributed by atoms with Gasteiger partial charge in [0.1, 0.15) is 0 Å². The van der Waals surface area contributed by atoms with E-state index in [1.54, 1.807) is 6.07 Å². The molecular formula is C22H32N6O. The molecule has 1 aromatic carbocycles. The van der Waals surface area contributed by atoms with Crippen molar-refractivity contribution in [3.8, 4) is 0 Å². The van der Waals surface area contributed by atoms with Gasteiger partial charge in [0.05, 0.1) is 0 Å². The van der Waals surface area contributed by atoms with E-state index in [0.717, 1.165) is 57.8 Å². The lowest BCUT2D eigenvalue weighted by molar-refractivity contribution is 0.0748. The molecule has 1 aliphatic heterocycles. The van der Waals surface area contributed by atoms with Crippen LogP contribution < -0.4 is 10.2 Å². The zero-order chi connectivity index (χ0) is 20.6. The number of nitrogens with zero attached hydrogens (tertiary/aromatic N) is 5. The molecule has 0 atom stereocenters. The van der Waals surface area contributed by atoms with Gasteiger partial charge in [0.15, 0.2) is 11.5 Å². The normalized spacial score (nSPS) is 14.7. The molecule has 1 aliphatic rings. The second-order valence-electron chi connectivity index (χ2n) is 7.56. The van der Waals surface area contributed by atoms with Gasteiger partial charge in [-0.25, -0.2) is 0 Å². The molecule has 2 aromatic rings. The van der Waals surface area contributed by atoms with E-state index in [1.165, 1.54) is 5.69 Å². The smallest absolute Gasteiger partial charge is 0.274 e. The maximum atomic E-state index is 12.6. The van der Waals surface area contributed by atoms with Crippen molar-refractivity contribution in [1.29, 1.82) is 0 Å². The van der Waals surface area contributed by atoms with Gasteiger partial charge in [-0.3, -0.25) is 4.79 Å². The quantitative estimate of drug-likeness (QED) is 0.739. The Hall–Kier alpha value is -2.67. The highest BCUT2D eigenvalue weighted by molar-refractivity contribution is 5.92. The van der Waals surface area contributed by atoms with Crippen LogP contribution in [0.4, 0.5) is 17.2 Å². The minimum atomic E-state index is -0.0516. The van der Waals surface area contributed by atoms with Crippen LogP contribution in [-0.2, 0) is 0 Å². The van der Waals surface area contributed by atoms with Gasteiger partial charge < -0.3 is 20.0 Å². The van der Waals surface area contributed by atoms with Crippen LogP contribution in [0.25, 0.3) is 0 Å². The van der Waals surface area contributed by atoms with Crippen molar-refractivity contribution in [1.82, 2.24) is 20.0 Å². The van der Waals surface area contributed by atoms with Crippen LogP contribution >= 0.6 is 0 Å². The van der Waals surface area contributed by atoms with Crippen molar-refractivity contribution in [2.45, 2.75) is 26.7 Å². The number of nitrogens with one attached hydrogen (secondary N) is 1. The standard InChI is InChI=1S/C22H32N6O/c1-4-12-28(13-5-2)22(29)20-10-11-21(25-24-20)23-18-6-8-19(9-7-18)27-16-14-26(3)15-17-27/h6-11H,4-5,12-17H2,1-3H3,(H,23,25). The Bertz CT molecular complexity index is 763. The number of hydrogen-bond donors (Lipinski definition) is 1. The highest BCUT2D eigenvalue weighted by atomic mass is 16.2. The van der Waals surface area contributed by atoms with Gasteiger partial charge in [-0.1, -0.05) is 13.8 Å². The largest absolute Gasteiger partial charge is 0.369 e. The molecule has 1 saturated heterocycles.